The van der Waals surface area contributed by atoms with Crippen LogP contribution in [0.1, 0.15) is 27.6 Å². The van der Waals surface area contributed by atoms with Crippen molar-refractivity contribution < 1.29 is 23.8 Å². The molecule has 2 amide bonds. The van der Waals surface area contributed by atoms with E-state index >= 15 is 0 Å². The minimum Gasteiger partial charge on any atom is -0.472 e. The van der Waals surface area contributed by atoms with E-state index in [-0.39, 0.29) is 34.5 Å². The molecule has 0 spiro atoms. The Labute approximate surface area is 202 Å². The van der Waals surface area contributed by atoms with Crippen LogP contribution in [0.5, 0.6) is 17.5 Å². The van der Waals surface area contributed by atoms with E-state index in [2.05, 4.69) is 28.2 Å². The largest absolute Gasteiger partial charge is 0.472 e. The third kappa shape index (κ3) is 7.32. The third-order valence-electron chi connectivity index (χ3n) is 4.37. The Morgan fingerprint density at radius 2 is 1.68 bits per heavy atom. The number of benzene rings is 2. The van der Waals surface area contributed by atoms with E-state index in [1.54, 1.807) is 62.6 Å². The van der Waals surface area contributed by atoms with Crippen LogP contribution in [0, 0.1) is 5.41 Å². The minimum atomic E-state index is -0.560. The summed E-state index contributed by atoms with van der Waals surface area (Å²) in [5, 5.41) is 12.2. The second-order valence-corrected chi connectivity index (χ2v) is 7.61. The van der Waals surface area contributed by atoms with Crippen LogP contribution >= 0.6 is 12.6 Å². The Morgan fingerprint density at radius 3 is 2.32 bits per heavy atom. The number of nitrogens with zero attached hydrogens (tertiary/aromatic N) is 1. The topological polar surface area (TPSA) is 123 Å². The molecule has 0 aliphatic carbocycles. The molecule has 3 rings (SSSR count). The number of aromatic nitrogens is 1. The number of amides is 2. The Morgan fingerprint density at radius 1 is 1.00 bits per heavy atom. The first kappa shape index (κ1) is 24.7. The molecule has 0 saturated heterocycles. The van der Waals surface area contributed by atoms with Gasteiger partial charge in [-0.05, 0) is 43.3 Å². The van der Waals surface area contributed by atoms with E-state index in [1.165, 1.54) is 12.1 Å². The summed E-state index contributed by atoms with van der Waals surface area (Å²) in [6.45, 7) is 2.12. The molecule has 176 valence electrons. The Bertz CT molecular complexity index is 1160. The lowest BCUT2D eigenvalue weighted by Crippen LogP contribution is -2.26. The van der Waals surface area contributed by atoms with Crippen LogP contribution in [0.2, 0.25) is 0 Å². The van der Waals surface area contributed by atoms with E-state index < -0.39 is 5.91 Å². The van der Waals surface area contributed by atoms with Gasteiger partial charge in [0.15, 0.2) is 5.17 Å². The second-order valence-electron chi connectivity index (χ2n) is 7.17. The van der Waals surface area contributed by atoms with Crippen LogP contribution in [0.15, 0.2) is 66.7 Å². The van der Waals surface area contributed by atoms with Gasteiger partial charge < -0.3 is 24.8 Å². The highest BCUT2D eigenvalue weighted by atomic mass is 32.1. The molecule has 1 heterocycles. The van der Waals surface area contributed by atoms with Crippen molar-refractivity contribution in [3.8, 4) is 17.5 Å². The van der Waals surface area contributed by atoms with Crippen molar-refractivity contribution in [3.05, 3.63) is 77.9 Å². The van der Waals surface area contributed by atoms with Crippen molar-refractivity contribution in [1.29, 1.82) is 5.41 Å². The molecule has 0 saturated carbocycles. The van der Waals surface area contributed by atoms with Gasteiger partial charge in [0.25, 0.3) is 11.8 Å². The highest BCUT2D eigenvalue weighted by molar-refractivity contribution is 7.96. The van der Waals surface area contributed by atoms with Crippen LogP contribution < -0.4 is 20.1 Å². The van der Waals surface area contributed by atoms with Gasteiger partial charge in [0.05, 0.1) is 12.2 Å². The highest BCUT2D eigenvalue weighted by Gasteiger charge is 2.15. The SMILES string of the molecule is COC[C@@H](C)Oc1cc(C(=O)NC(=N)S)cc(Oc2ccc(NC(=O)c3ccccc3)cc2)n1. The Kier molecular flexibility index (Phi) is 8.60. The summed E-state index contributed by atoms with van der Waals surface area (Å²) in [4.78, 5) is 29.0. The number of methoxy groups -OCH3 is 1. The van der Waals surface area contributed by atoms with Gasteiger partial charge in [-0.2, -0.15) is 4.98 Å². The molecule has 9 nitrogen and oxygen atoms in total. The van der Waals surface area contributed by atoms with Gasteiger partial charge in [-0.3, -0.25) is 15.0 Å². The van der Waals surface area contributed by atoms with E-state index in [0.29, 0.717) is 23.6 Å². The molecule has 2 aromatic carbocycles. The molecule has 3 N–H and O–H groups in total. The molecule has 1 atom stereocenters. The molecule has 10 heteroatoms. The zero-order valence-electron chi connectivity index (χ0n) is 18.6. The van der Waals surface area contributed by atoms with Gasteiger partial charge in [-0.25, -0.2) is 0 Å². The maximum absolute atomic E-state index is 12.4. The van der Waals surface area contributed by atoms with Crippen molar-refractivity contribution in [2.75, 3.05) is 19.0 Å². The summed E-state index contributed by atoms with van der Waals surface area (Å²) in [5.74, 6) is -0.0869. The van der Waals surface area contributed by atoms with Crippen molar-refractivity contribution in [3.63, 3.8) is 0 Å². The quantitative estimate of drug-likeness (QED) is 0.207. The molecular weight excluding hydrogens is 456 g/mol. The second kappa shape index (κ2) is 11.8. The van der Waals surface area contributed by atoms with Gasteiger partial charge in [0.2, 0.25) is 11.8 Å². The van der Waals surface area contributed by atoms with Crippen LogP contribution in [-0.4, -0.2) is 41.8 Å². The Hall–Kier alpha value is -3.89. The zero-order valence-corrected chi connectivity index (χ0v) is 19.5. The predicted octanol–water partition coefficient (Wildman–Crippen LogP) is 4.13. The van der Waals surface area contributed by atoms with Crippen molar-refractivity contribution in [2.45, 2.75) is 13.0 Å². The monoisotopic (exact) mass is 480 g/mol. The molecule has 0 aliphatic rings. The van der Waals surface area contributed by atoms with Gasteiger partial charge >= 0.3 is 0 Å². The zero-order chi connectivity index (χ0) is 24.5. The number of hydrogen-bond donors (Lipinski definition) is 4. The number of nitrogens with one attached hydrogen (secondary N) is 3. The van der Waals surface area contributed by atoms with Gasteiger partial charge in [-0.15, -0.1) is 12.6 Å². The number of thiol groups is 1. The number of carbonyl (C=O) groups excluding carboxylic acids is 2. The fourth-order valence-electron chi connectivity index (χ4n) is 2.90. The van der Waals surface area contributed by atoms with E-state index in [4.69, 9.17) is 19.6 Å². The Balaban J connectivity index is 1.76. The van der Waals surface area contributed by atoms with Crippen LogP contribution in [0.4, 0.5) is 5.69 Å². The van der Waals surface area contributed by atoms with Crippen LogP contribution in [0.3, 0.4) is 0 Å². The van der Waals surface area contributed by atoms with Crippen LogP contribution in [0.25, 0.3) is 0 Å². The fourth-order valence-corrected chi connectivity index (χ4v) is 3.00. The maximum Gasteiger partial charge on any atom is 0.257 e. The standard InChI is InChI=1S/C24H24N4O5S/c1-15(14-31-2)32-20-12-17(23(30)28-24(25)34)13-21(27-20)33-19-10-8-18(9-11-19)26-22(29)16-6-4-3-5-7-16/h3-13,15H,14H2,1-2H3,(H,26,29)(H3,25,28,30,34)/t15-/m1/s1. The van der Waals surface area contributed by atoms with E-state index in [1.807, 2.05) is 6.07 Å². The maximum atomic E-state index is 12.4. The molecule has 0 unspecified atom stereocenters. The van der Waals surface area contributed by atoms with Gasteiger partial charge in [0.1, 0.15) is 11.9 Å². The summed E-state index contributed by atoms with van der Waals surface area (Å²) < 4.78 is 16.6. The number of rotatable bonds is 9. The minimum absolute atomic E-state index is 0.110. The average Bonchev–Trinajstić information content (AvgIpc) is 2.80. The first-order valence-corrected chi connectivity index (χ1v) is 10.7. The number of carbonyl (C=O) groups is 2. The van der Waals surface area contributed by atoms with Crippen LogP contribution in [-0.2, 0) is 4.74 Å². The molecule has 0 bridgehead atoms. The van der Waals surface area contributed by atoms with E-state index in [0.717, 1.165) is 0 Å². The van der Waals surface area contributed by atoms with E-state index in [9.17, 15) is 9.59 Å². The fraction of sp³-hybridized carbons (Fsp3) is 0.167. The average molecular weight is 481 g/mol. The third-order valence-corrected chi connectivity index (χ3v) is 4.48. The molecule has 34 heavy (non-hydrogen) atoms. The summed E-state index contributed by atoms with van der Waals surface area (Å²) in [7, 11) is 1.55. The number of ether oxygens (including phenoxy) is 3. The van der Waals surface area contributed by atoms with Gasteiger partial charge in [-0.1, -0.05) is 18.2 Å². The smallest absolute Gasteiger partial charge is 0.257 e. The number of amidine groups is 1. The first-order chi connectivity index (χ1) is 16.3. The normalized spacial score (nSPS) is 11.3. The van der Waals surface area contributed by atoms with Crippen molar-refractivity contribution in [1.82, 2.24) is 10.3 Å². The first-order valence-electron chi connectivity index (χ1n) is 10.2. The summed E-state index contributed by atoms with van der Waals surface area (Å²) in [6.07, 6.45) is -0.320. The lowest BCUT2D eigenvalue weighted by Gasteiger charge is -2.15. The lowest BCUT2D eigenvalue weighted by atomic mass is 10.2. The summed E-state index contributed by atoms with van der Waals surface area (Å²) in [5.41, 5.74) is 1.31. The summed E-state index contributed by atoms with van der Waals surface area (Å²) >= 11 is 3.79. The number of pyridine rings is 1. The molecule has 0 fully saturated rings. The molecular formula is C24H24N4O5S. The molecule has 0 radical (unpaired) electrons. The highest BCUT2D eigenvalue weighted by Crippen LogP contribution is 2.26. The summed E-state index contributed by atoms with van der Waals surface area (Å²) in [6, 6.07) is 18.4. The number of hydrogen-bond acceptors (Lipinski definition) is 7. The lowest BCUT2D eigenvalue weighted by molar-refractivity contribution is 0.0880. The molecule has 1 aromatic heterocycles. The molecule has 3 aromatic rings. The predicted molar refractivity (Wildman–Crippen MR) is 131 cm³/mol. The molecule has 0 aliphatic heterocycles. The van der Waals surface area contributed by atoms with Crippen molar-refractivity contribution >= 4 is 35.3 Å². The van der Waals surface area contributed by atoms with Gasteiger partial charge in [0, 0.05) is 30.5 Å². The number of anilines is 1. The van der Waals surface area contributed by atoms with Crippen molar-refractivity contribution in [2.24, 2.45) is 0 Å².